The fraction of sp³-hybridized carbons (Fsp3) is 0.857. The van der Waals surface area contributed by atoms with Crippen molar-refractivity contribution in [3.05, 3.63) is 11.1 Å². The molecule has 0 saturated heterocycles. The Bertz CT molecular complexity index is 547. The summed E-state index contributed by atoms with van der Waals surface area (Å²) in [6.45, 7) is 13.0. The maximum absolute atomic E-state index is 13.5. The van der Waals surface area contributed by atoms with Crippen molar-refractivity contribution in [1.29, 1.82) is 0 Å². The predicted octanol–water partition coefficient (Wildman–Crippen LogP) is 8.40. The number of carbonyl (C=O) groups is 2. The average molecular weight is 694 g/mol. The summed E-state index contributed by atoms with van der Waals surface area (Å²) in [5.41, 5.74) is 1.27. The molecule has 200 valence electrons. The zero-order valence-electron chi connectivity index (χ0n) is 23.5. The molecule has 0 aromatic carbocycles. The van der Waals surface area contributed by atoms with Gasteiger partial charge in [0.25, 0.3) is 0 Å². The van der Waals surface area contributed by atoms with Gasteiger partial charge in [0, 0.05) is 0 Å². The second-order valence-electron chi connectivity index (χ2n) is 9.74. The number of carbonyl (C=O) groups excluding carboxylic acids is 2. The minimum atomic E-state index is -2.39. The van der Waals surface area contributed by atoms with Crippen molar-refractivity contribution in [2.75, 3.05) is 0 Å². The second kappa shape index (κ2) is 23.7. The van der Waals surface area contributed by atoms with Gasteiger partial charge in [-0.25, -0.2) is 0 Å². The summed E-state index contributed by atoms with van der Waals surface area (Å²) in [5.74, 6) is -0.362. The van der Waals surface area contributed by atoms with E-state index >= 15 is 0 Å². The van der Waals surface area contributed by atoms with E-state index in [0.717, 1.165) is 94.8 Å². The maximum atomic E-state index is 13.5. The molecule has 0 aliphatic carbocycles. The summed E-state index contributed by atoms with van der Waals surface area (Å²) in [7, 11) is 0. The Morgan fingerprint density at radius 1 is 0.500 bits per heavy atom. The zero-order chi connectivity index (χ0) is 25.6. The molecule has 0 aromatic heterocycles. The molecule has 0 rings (SSSR count). The van der Waals surface area contributed by atoms with Gasteiger partial charge in [-0.15, -0.1) is 0 Å². The molecule has 0 amide bonds. The van der Waals surface area contributed by atoms with E-state index in [1.54, 1.807) is 0 Å². The molecule has 6 heteroatoms. The molecule has 0 saturated carbocycles. The molecule has 0 radical (unpaired) electrons. The first-order chi connectivity index (χ1) is 16.5. The number of unbranched alkanes of at least 4 members (excludes halogenated alkanes) is 7. The summed E-state index contributed by atoms with van der Waals surface area (Å²) in [5, 5.41) is 0. The topological polar surface area (TPSA) is 52.6 Å². The van der Waals surface area contributed by atoms with Gasteiger partial charge >= 0.3 is 228 Å². The van der Waals surface area contributed by atoms with Crippen molar-refractivity contribution in [2.24, 2.45) is 0 Å². The molecule has 0 aromatic rings. The fourth-order valence-corrected chi connectivity index (χ4v) is 19.7. The van der Waals surface area contributed by atoms with Crippen LogP contribution in [-0.4, -0.2) is 52.3 Å². The third-order valence-electron chi connectivity index (χ3n) is 6.56. The van der Waals surface area contributed by atoms with Gasteiger partial charge in [-0.05, 0) is 0 Å². The Balaban J connectivity index is 5.70. The third kappa shape index (κ3) is 16.1. The second-order valence-corrected chi connectivity index (χ2v) is 24.8. The standard InChI is InChI=1S/C12H20O4.4C4H9.2Sn.2H/c1-3-5-6-7-8-10(12(15)16)9(4-2)11(13)14;4*1-3-4-2;;;;/h3-8H2,1-2H3,(H,13,14)(H,15,16);4*1,3-4H2,2H3;;;;/q;;;;;2*+1;;/p-2/b10-9-;;;;;;;;. The van der Waals surface area contributed by atoms with Gasteiger partial charge in [-0.2, -0.15) is 0 Å². The van der Waals surface area contributed by atoms with Crippen LogP contribution in [-0.2, 0) is 15.7 Å². The van der Waals surface area contributed by atoms with Crippen molar-refractivity contribution in [1.82, 2.24) is 0 Å². The SMILES string of the molecule is CCCCCC/C(C(=O)[O][SnH]([CH2]CCC)[CH2]CCC)=C(\CC)C(=O)[O][SnH]([CH2]CCC)[CH2]CCC. The van der Waals surface area contributed by atoms with E-state index in [-0.39, 0.29) is 11.9 Å². The van der Waals surface area contributed by atoms with Crippen LogP contribution in [0.5, 0.6) is 0 Å². The first-order valence-electron chi connectivity index (χ1n) is 14.6. The van der Waals surface area contributed by atoms with Crippen LogP contribution in [0.4, 0.5) is 0 Å². The van der Waals surface area contributed by atoms with Crippen LogP contribution in [0.25, 0.3) is 0 Å². The van der Waals surface area contributed by atoms with Crippen LogP contribution < -0.4 is 0 Å². The van der Waals surface area contributed by atoms with Crippen LogP contribution in [0.1, 0.15) is 131 Å². The molecule has 0 unspecified atom stereocenters. The predicted molar refractivity (Wildman–Crippen MR) is 151 cm³/mol. The summed E-state index contributed by atoms with van der Waals surface area (Å²) in [6.07, 6.45) is 14.8. The van der Waals surface area contributed by atoms with E-state index < -0.39 is 40.3 Å². The number of hydrogen-bond donors (Lipinski definition) is 0. The van der Waals surface area contributed by atoms with Gasteiger partial charge in [0.05, 0.1) is 0 Å². The van der Waals surface area contributed by atoms with Crippen LogP contribution in [0.3, 0.4) is 0 Å². The molecule has 4 nitrogen and oxygen atoms in total. The normalized spacial score (nSPS) is 12.2. The third-order valence-corrected chi connectivity index (χ3v) is 21.7. The monoisotopic (exact) mass is 696 g/mol. The van der Waals surface area contributed by atoms with Gasteiger partial charge in [0.1, 0.15) is 0 Å². The van der Waals surface area contributed by atoms with Crippen molar-refractivity contribution in [3.8, 4) is 0 Å². The average Bonchev–Trinajstić information content (AvgIpc) is 2.84. The van der Waals surface area contributed by atoms with Crippen molar-refractivity contribution >= 4 is 52.3 Å². The van der Waals surface area contributed by atoms with Crippen LogP contribution in [0.15, 0.2) is 11.1 Å². The summed E-state index contributed by atoms with van der Waals surface area (Å²) in [4.78, 5) is 26.8. The molecule has 0 aliphatic rings. The number of hydrogen-bond acceptors (Lipinski definition) is 4. The van der Waals surface area contributed by atoms with Gasteiger partial charge in [0.2, 0.25) is 0 Å². The van der Waals surface area contributed by atoms with Gasteiger partial charge < -0.3 is 0 Å². The first kappa shape index (κ1) is 34.3. The van der Waals surface area contributed by atoms with E-state index in [0.29, 0.717) is 24.0 Å². The van der Waals surface area contributed by atoms with Crippen LogP contribution in [0.2, 0.25) is 17.7 Å². The Kier molecular flexibility index (Phi) is 23.9. The molecule has 0 N–H and O–H groups in total. The molecule has 0 spiro atoms. The Morgan fingerprint density at radius 2 is 0.882 bits per heavy atom. The Morgan fingerprint density at radius 3 is 1.24 bits per heavy atom. The first-order valence-corrected chi connectivity index (χ1v) is 26.6. The van der Waals surface area contributed by atoms with Crippen LogP contribution >= 0.6 is 0 Å². The van der Waals surface area contributed by atoms with E-state index in [4.69, 9.17) is 6.15 Å². The van der Waals surface area contributed by atoms with E-state index in [2.05, 4.69) is 34.6 Å². The number of rotatable bonds is 22. The van der Waals surface area contributed by atoms with Gasteiger partial charge in [0.15, 0.2) is 0 Å². The van der Waals surface area contributed by atoms with Gasteiger partial charge in [-0.1, -0.05) is 0 Å². The van der Waals surface area contributed by atoms with E-state index in [1.807, 2.05) is 6.92 Å². The Labute approximate surface area is 227 Å². The zero-order valence-corrected chi connectivity index (χ0v) is 30.1. The van der Waals surface area contributed by atoms with Crippen molar-refractivity contribution < 1.29 is 15.7 Å². The Hall–Kier alpha value is 0.277. The van der Waals surface area contributed by atoms with Gasteiger partial charge in [-0.3, -0.25) is 0 Å². The summed E-state index contributed by atoms with van der Waals surface area (Å²) in [6, 6.07) is 0. The van der Waals surface area contributed by atoms with Crippen molar-refractivity contribution in [2.45, 2.75) is 149 Å². The molecule has 0 bridgehead atoms. The molecule has 0 fully saturated rings. The quantitative estimate of drug-likeness (QED) is 0.0650. The molecule has 0 aliphatic heterocycles. The minimum absolute atomic E-state index is 0.174. The summed E-state index contributed by atoms with van der Waals surface area (Å²) < 4.78 is 17.0. The summed E-state index contributed by atoms with van der Waals surface area (Å²) >= 11 is -4.77. The molecule has 0 atom stereocenters. The molecular weight excluding hydrogens is 638 g/mol. The van der Waals surface area contributed by atoms with Crippen LogP contribution in [0, 0.1) is 0 Å². The van der Waals surface area contributed by atoms with E-state index in [9.17, 15) is 9.59 Å². The van der Waals surface area contributed by atoms with E-state index in [1.165, 1.54) is 0 Å². The molecular formula is C28H56O4Sn2. The fourth-order valence-electron chi connectivity index (χ4n) is 4.28. The molecule has 34 heavy (non-hydrogen) atoms. The molecule has 0 heterocycles. The van der Waals surface area contributed by atoms with Crippen molar-refractivity contribution in [3.63, 3.8) is 0 Å².